The molecular weight excluding hydrogens is 367 g/mol. The SMILES string of the molecule is CSc1nc(OC(=O)N2C3CCC2CNC3)c2cc(Cl)cc(F)c2n1. The molecule has 2 bridgehead atoms. The molecule has 9 heteroatoms. The van der Waals surface area contributed by atoms with Gasteiger partial charge in [-0.3, -0.25) is 4.90 Å². The summed E-state index contributed by atoms with van der Waals surface area (Å²) in [5, 5.41) is 4.14. The Morgan fingerprint density at radius 1 is 1.36 bits per heavy atom. The second-order valence-corrected chi connectivity index (χ2v) is 7.33. The van der Waals surface area contributed by atoms with Gasteiger partial charge < -0.3 is 10.1 Å². The Balaban J connectivity index is 1.72. The topological polar surface area (TPSA) is 67.3 Å². The Labute approximate surface area is 153 Å². The number of amides is 1. The van der Waals surface area contributed by atoms with E-state index < -0.39 is 11.9 Å². The molecule has 132 valence electrons. The minimum Gasteiger partial charge on any atom is -0.390 e. The van der Waals surface area contributed by atoms with E-state index in [0.717, 1.165) is 25.9 Å². The fourth-order valence-corrected chi connectivity index (χ4v) is 4.05. The van der Waals surface area contributed by atoms with Crippen molar-refractivity contribution >= 4 is 40.4 Å². The van der Waals surface area contributed by atoms with E-state index in [-0.39, 0.29) is 28.5 Å². The molecule has 6 nitrogen and oxygen atoms in total. The fourth-order valence-electron chi connectivity index (χ4n) is 3.49. The zero-order chi connectivity index (χ0) is 17.6. The maximum Gasteiger partial charge on any atom is 0.417 e. The van der Waals surface area contributed by atoms with Crippen LogP contribution in [0, 0.1) is 5.82 Å². The van der Waals surface area contributed by atoms with Crippen LogP contribution in [0.2, 0.25) is 5.02 Å². The number of halogens is 2. The van der Waals surface area contributed by atoms with Gasteiger partial charge in [-0.05, 0) is 31.2 Å². The van der Waals surface area contributed by atoms with Gasteiger partial charge in [-0.2, -0.15) is 4.98 Å². The number of nitrogens with one attached hydrogen (secondary N) is 1. The van der Waals surface area contributed by atoms with Crippen molar-refractivity contribution in [3.63, 3.8) is 0 Å². The third kappa shape index (κ3) is 3.02. The zero-order valence-corrected chi connectivity index (χ0v) is 15.0. The number of hydrogen-bond donors (Lipinski definition) is 1. The smallest absolute Gasteiger partial charge is 0.390 e. The Bertz CT molecular complexity index is 836. The number of thioether (sulfide) groups is 1. The highest BCUT2D eigenvalue weighted by molar-refractivity contribution is 7.98. The molecule has 25 heavy (non-hydrogen) atoms. The van der Waals surface area contributed by atoms with Crippen molar-refractivity contribution in [1.29, 1.82) is 0 Å². The highest BCUT2D eigenvalue weighted by Crippen LogP contribution is 2.32. The molecule has 2 saturated heterocycles. The van der Waals surface area contributed by atoms with Crippen molar-refractivity contribution in [2.24, 2.45) is 0 Å². The fraction of sp³-hybridized carbons (Fsp3) is 0.438. The van der Waals surface area contributed by atoms with E-state index in [1.165, 1.54) is 23.9 Å². The van der Waals surface area contributed by atoms with Gasteiger partial charge in [0.05, 0.1) is 5.39 Å². The molecule has 1 aromatic carbocycles. The first-order valence-corrected chi connectivity index (χ1v) is 9.58. The number of ether oxygens (including phenoxy) is 1. The molecule has 2 atom stereocenters. The van der Waals surface area contributed by atoms with E-state index in [1.54, 1.807) is 11.2 Å². The molecule has 0 radical (unpaired) electrons. The number of nitrogens with zero attached hydrogens (tertiary/aromatic N) is 3. The van der Waals surface area contributed by atoms with Gasteiger partial charge >= 0.3 is 6.09 Å². The van der Waals surface area contributed by atoms with Crippen molar-refractivity contribution in [3.05, 3.63) is 23.0 Å². The second-order valence-electron chi connectivity index (χ2n) is 6.12. The minimum atomic E-state index is -0.570. The second kappa shape index (κ2) is 6.59. The molecule has 2 aromatic rings. The summed E-state index contributed by atoms with van der Waals surface area (Å²) in [5.41, 5.74) is 0.0924. The molecule has 4 rings (SSSR count). The number of carbonyl (C=O) groups excluding carboxylic acids is 1. The molecule has 0 saturated carbocycles. The van der Waals surface area contributed by atoms with Crippen molar-refractivity contribution in [3.8, 4) is 5.88 Å². The highest BCUT2D eigenvalue weighted by atomic mass is 35.5. The van der Waals surface area contributed by atoms with Crippen LogP contribution in [0.5, 0.6) is 5.88 Å². The third-order valence-electron chi connectivity index (χ3n) is 4.62. The zero-order valence-electron chi connectivity index (χ0n) is 13.5. The van der Waals surface area contributed by atoms with E-state index in [4.69, 9.17) is 16.3 Å². The van der Waals surface area contributed by atoms with Crippen LogP contribution in [0.15, 0.2) is 17.3 Å². The number of carbonyl (C=O) groups is 1. The number of hydrogen-bond acceptors (Lipinski definition) is 6. The lowest BCUT2D eigenvalue weighted by atomic mass is 10.2. The Kier molecular flexibility index (Phi) is 4.43. The summed E-state index contributed by atoms with van der Waals surface area (Å²) in [6.07, 6.45) is 3.22. The maximum absolute atomic E-state index is 14.2. The molecule has 0 aliphatic carbocycles. The van der Waals surface area contributed by atoms with E-state index in [1.807, 2.05) is 0 Å². The molecular formula is C16H16ClFN4O2S. The average Bonchev–Trinajstić information content (AvgIpc) is 2.84. The first-order chi connectivity index (χ1) is 12.1. The lowest BCUT2D eigenvalue weighted by Crippen LogP contribution is -2.55. The summed E-state index contributed by atoms with van der Waals surface area (Å²) in [7, 11) is 0. The molecule has 2 aliphatic heterocycles. The summed E-state index contributed by atoms with van der Waals surface area (Å²) >= 11 is 7.20. The van der Waals surface area contributed by atoms with E-state index in [2.05, 4.69) is 15.3 Å². The summed E-state index contributed by atoms with van der Waals surface area (Å²) < 4.78 is 19.8. The normalized spacial score (nSPS) is 22.4. The molecule has 1 amide bonds. The Morgan fingerprint density at radius 3 is 2.76 bits per heavy atom. The van der Waals surface area contributed by atoms with Crippen molar-refractivity contribution in [2.45, 2.75) is 30.1 Å². The summed E-state index contributed by atoms with van der Waals surface area (Å²) in [6.45, 7) is 1.51. The monoisotopic (exact) mass is 382 g/mol. The Morgan fingerprint density at radius 2 is 2.08 bits per heavy atom. The molecule has 1 aromatic heterocycles. The first-order valence-electron chi connectivity index (χ1n) is 7.98. The van der Waals surface area contributed by atoms with Crippen LogP contribution >= 0.6 is 23.4 Å². The lowest BCUT2D eigenvalue weighted by molar-refractivity contribution is 0.114. The maximum atomic E-state index is 14.2. The van der Waals surface area contributed by atoms with E-state index in [9.17, 15) is 9.18 Å². The number of fused-ring (bicyclic) bond motifs is 3. The predicted octanol–water partition coefficient (Wildman–Crippen LogP) is 3.08. The predicted molar refractivity (Wildman–Crippen MR) is 93.8 cm³/mol. The van der Waals surface area contributed by atoms with Gasteiger partial charge in [0, 0.05) is 30.2 Å². The van der Waals surface area contributed by atoms with Gasteiger partial charge in [-0.15, -0.1) is 0 Å². The Hall–Kier alpha value is -1.64. The molecule has 1 N–H and O–H groups in total. The average molecular weight is 383 g/mol. The van der Waals surface area contributed by atoms with Gasteiger partial charge in [0.15, 0.2) is 11.0 Å². The van der Waals surface area contributed by atoms with Crippen LogP contribution < -0.4 is 10.1 Å². The number of aromatic nitrogens is 2. The minimum absolute atomic E-state index is 0.0404. The quantitative estimate of drug-likeness (QED) is 0.636. The van der Waals surface area contributed by atoms with Gasteiger partial charge in [0.2, 0.25) is 5.88 Å². The van der Waals surface area contributed by atoms with Crippen molar-refractivity contribution in [1.82, 2.24) is 20.2 Å². The largest absolute Gasteiger partial charge is 0.417 e. The van der Waals surface area contributed by atoms with E-state index in [0.29, 0.717) is 10.5 Å². The first kappa shape index (κ1) is 16.8. The van der Waals surface area contributed by atoms with Crippen LogP contribution in [0.3, 0.4) is 0 Å². The van der Waals surface area contributed by atoms with Gasteiger partial charge in [0.25, 0.3) is 0 Å². The van der Waals surface area contributed by atoms with Crippen LogP contribution in [-0.2, 0) is 0 Å². The van der Waals surface area contributed by atoms with E-state index >= 15 is 0 Å². The standard InChI is InChI=1S/C16H16ClFN4O2S/c1-25-15-20-13-11(4-8(17)5-12(13)18)14(21-15)24-16(23)22-9-2-3-10(22)7-19-6-9/h4-5,9-10,19H,2-3,6-7H2,1H3. The molecule has 0 spiro atoms. The summed E-state index contributed by atoms with van der Waals surface area (Å²) in [6, 6.07) is 2.95. The van der Waals surface area contributed by atoms with Crippen LogP contribution in [0.4, 0.5) is 9.18 Å². The molecule has 2 unspecified atom stereocenters. The summed E-state index contributed by atoms with van der Waals surface area (Å²) in [5.74, 6) is -0.529. The lowest BCUT2D eigenvalue weighted by Gasteiger charge is -2.34. The number of rotatable bonds is 2. The molecule has 3 heterocycles. The number of benzene rings is 1. The third-order valence-corrected chi connectivity index (χ3v) is 5.39. The van der Waals surface area contributed by atoms with Crippen LogP contribution in [-0.4, -0.2) is 52.4 Å². The van der Waals surface area contributed by atoms with Gasteiger partial charge in [-0.1, -0.05) is 23.4 Å². The summed E-state index contributed by atoms with van der Waals surface area (Å²) in [4.78, 5) is 22.9. The molecule has 2 fully saturated rings. The van der Waals surface area contributed by atoms with Gasteiger partial charge in [0.1, 0.15) is 5.52 Å². The van der Waals surface area contributed by atoms with Crippen LogP contribution in [0.25, 0.3) is 10.9 Å². The van der Waals surface area contributed by atoms with Gasteiger partial charge in [-0.25, -0.2) is 14.2 Å². The highest BCUT2D eigenvalue weighted by Gasteiger charge is 2.41. The van der Waals surface area contributed by atoms with Crippen LogP contribution in [0.1, 0.15) is 12.8 Å². The van der Waals surface area contributed by atoms with Crippen molar-refractivity contribution < 1.29 is 13.9 Å². The molecule has 2 aliphatic rings. The van der Waals surface area contributed by atoms with Crippen molar-refractivity contribution in [2.75, 3.05) is 19.3 Å². The number of piperazine rings is 1.